The van der Waals surface area contributed by atoms with Gasteiger partial charge >= 0.3 is 0 Å². The normalized spacial score (nSPS) is 11.4. The van der Waals surface area contributed by atoms with E-state index in [0.29, 0.717) is 12.4 Å². The van der Waals surface area contributed by atoms with Crippen LogP contribution in [0.3, 0.4) is 0 Å². The number of ether oxygens (including phenoxy) is 1. The molecular formula is C38H47Br2FOS. The molecule has 0 N–H and O–H groups in total. The topological polar surface area (TPSA) is 9.23 Å². The van der Waals surface area contributed by atoms with Gasteiger partial charge in [-0.2, -0.15) is 0 Å². The van der Waals surface area contributed by atoms with Gasteiger partial charge in [-0.1, -0.05) is 114 Å². The number of aryl methyl sites for hydroxylation is 2. The van der Waals surface area contributed by atoms with Gasteiger partial charge in [0, 0.05) is 0 Å². The van der Waals surface area contributed by atoms with E-state index in [9.17, 15) is 4.39 Å². The monoisotopic (exact) mass is 728 g/mol. The Hall–Kier alpha value is -1.69. The van der Waals surface area contributed by atoms with Crippen LogP contribution in [0.2, 0.25) is 0 Å². The summed E-state index contributed by atoms with van der Waals surface area (Å²) in [6.45, 7) is 2.83. The minimum atomic E-state index is -0.284. The summed E-state index contributed by atoms with van der Waals surface area (Å²) in [6, 6.07) is 20.8. The van der Waals surface area contributed by atoms with E-state index in [0.717, 1.165) is 36.8 Å². The van der Waals surface area contributed by atoms with Gasteiger partial charge in [0.25, 0.3) is 0 Å². The van der Waals surface area contributed by atoms with Crippen LogP contribution >= 0.6 is 43.2 Å². The van der Waals surface area contributed by atoms with Crippen LogP contribution in [0.5, 0.6) is 5.75 Å². The van der Waals surface area contributed by atoms with Gasteiger partial charge in [0.05, 0.1) is 14.2 Å². The van der Waals surface area contributed by atoms with Gasteiger partial charge in [0.1, 0.15) is 0 Å². The molecule has 0 fully saturated rings. The van der Waals surface area contributed by atoms with Crippen molar-refractivity contribution in [3.63, 3.8) is 0 Å². The van der Waals surface area contributed by atoms with Crippen molar-refractivity contribution >= 4 is 54.0 Å². The van der Waals surface area contributed by atoms with Gasteiger partial charge < -0.3 is 4.74 Å². The number of fused-ring (bicyclic) bond motifs is 1. The average Bonchev–Trinajstić information content (AvgIpc) is 3.34. The molecule has 1 nitrogen and oxygen atoms in total. The maximum atomic E-state index is 14.9. The highest BCUT2D eigenvalue weighted by molar-refractivity contribution is 9.12. The smallest absolute Gasteiger partial charge is 0.165 e. The average molecular weight is 731 g/mol. The second kappa shape index (κ2) is 19.0. The van der Waals surface area contributed by atoms with Gasteiger partial charge in [0.2, 0.25) is 0 Å². The van der Waals surface area contributed by atoms with Gasteiger partial charge in [-0.05, 0) is 121 Å². The Labute approximate surface area is 279 Å². The lowest BCUT2D eigenvalue weighted by atomic mass is 9.98. The van der Waals surface area contributed by atoms with E-state index in [1.807, 2.05) is 6.07 Å². The number of thiophene rings is 1. The zero-order valence-electron chi connectivity index (χ0n) is 25.7. The number of halogens is 3. The highest BCUT2D eigenvalue weighted by Crippen LogP contribution is 2.33. The molecular weight excluding hydrogens is 683 g/mol. The zero-order chi connectivity index (χ0) is 30.3. The summed E-state index contributed by atoms with van der Waals surface area (Å²) in [5, 5.41) is 2.45. The Morgan fingerprint density at radius 3 is 1.93 bits per heavy atom. The fraction of sp³-hybridized carbons (Fsp3) is 0.474. The molecule has 0 saturated carbocycles. The van der Waals surface area contributed by atoms with E-state index in [4.69, 9.17) is 4.74 Å². The molecule has 0 aliphatic rings. The first-order valence-electron chi connectivity index (χ1n) is 16.4. The summed E-state index contributed by atoms with van der Waals surface area (Å²) >= 11 is 8.96. The van der Waals surface area contributed by atoms with Crippen molar-refractivity contribution < 1.29 is 9.13 Å². The second-order valence-corrected chi connectivity index (χ2v) is 15.6. The molecule has 0 amide bonds. The Bertz CT molecular complexity index is 1400. The Balaban J connectivity index is 1.12. The van der Waals surface area contributed by atoms with Crippen LogP contribution in [0, 0.1) is 5.82 Å². The maximum Gasteiger partial charge on any atom is 0.165 e. The third-order valence-electron chi connectivity index (χ3n) is 8.31. The van der Waals surface area contributed by atoms with E-state index in [2.05, 4.69) is 81.2 Å². The van der Waals surface area contributed by atoms with E-state index in [1.54, 1.807) is 23.5 Å². The first-order chi connectivity index (χ1) is 21.0. The summed E-state index contributed by atoms with van der Waals surface area (Å²) in [6.07, 6.45) is 20.0. The fourth-order valence-corrected chi connectivity index (χ4v) is 8.66. The van der Waals surface area contributed by atoms with Crippen LogP contribution in [0.1, 0.15) is 108 Å². The predicted molar refractivity (Wildman–Crippen MR) is 192 cm³/mol. The van der Waals surface area contributed by atoms with Gasteiger partial charge in [-0.15, -0.1) is 11.3 Å². The predicted octanol–water partition coefficient (Wildman–Crippen LogP) is 13.9. The lowest BCUT2D eigenvalue weighted by Gasteiger charge is -2.10. The summed E-state index contributed by atoms with van der Waals surface area (Å²) in [4.78, 5) is 0. The van der Waals surface area contributed by atoms with Crippen LogP contribution in [0.4, 0.5) is 4.39 Å². The number of unbranched alkanes of at least 4 members (excludes halogenated alkanes) is 12. The molecule has 3 aromatic carbocycles. The fourth-order valence-electron chi connectivity index (χ4n) is 5.74. The third kappa shape index (κ3) is 11.6. The molecule has 0 aliphatic carbocycles. The van der Waals surface area contributed by atoms with E-state index in [1.165, 1.54) is 107 Å². The van der Waals surface area contributed by atoms with Crippen LogP contribution in [0.15, 0.2) is 68.2 Å². The van der Waals surface area contributed by atoms with Crippen LogP contribution in [0.25, 0.3) is 21.9 Å². The van der Waals surface area contributed by atoms with Crippen molar-refractivity contribution in [1.82, 2.24) is 0 Å². The summed E-state index contributed by atoms with van der Waals surface area (Å²) in [5.41, 5.74) is 4.75. The van der Waals surface area contributed by atoms with Crippen molar-refractivity contribution in [2.75, 3.05) is 6.61 Å². The summed E-state index contributed by atoms with van der Waals surface area (Å²) < 4.78 is 23.2. The van der Waals surface area contributed by atoms with Crippen LogP contribution in [-0.2, 0) is 12.8 Å². The zero-order valence-corrected chi connectivity index (χ0v) is 29.7. The molecule has 0 radical (unpaired) electrons. The Kier molecular flexibility index (Phi) is 15.1. The molecule has 232 valence electrons. The van der Waals surface area contributed by atoms with Gasteiger partial charge in [-0.3, -0.25) is 0 Å². The Morgan fingerprint density at radius 2 is 1.23 bits per heavy atom. The first-order valence-corrected chi connectivity index (χ1v) is 18.8. The standard InChI is InChI=1S/C38H47Br2FOS/c1-2-3-4-5-10-13-16-29-18-19-31-26-32(21-20-30(31)25-29)33-22-23-36(35(41)27-33)42-24-15-12-9-7-6-8-11-14-17-34-28-37(39)43-38(34)40/h18-23,25-28H,2-17,24H2,1H3. The molecule has 0 atom stereocenters. The lowest BCUT2D eigenvalue weighted by Crippen LogP contribution is -1.99. The highest BCUT2D eigenvalue weighted by atomic mass is 79.9. The van der Waals surface area contributed by atoms with E-state index < -0.39 is 0 Å². The Morgan fingerprint density at radius 1 is 0.628 bits per heavy atom. The van der Waals surface area contributed by atoms with Crippen molar-refractivity contribution in [2.24, 2.45) is 0 Å². The summed E-state index contributed by atoms with van der Waals surface area (Å²) in [5.74, 6) is 0.0712. The van der Waals surface area contributed by atoms with Crippen molar-refractivity contribution in [1.29, 1.82) is 0 Å². The molecule has 1 heterocycles. The van der Waals surface area contributed by atoms with Gasteiger partial charge in [0.15, 0.2) is 11.6 Å². The molecule has 5 heteroatoms. The molecule has 0 unspecified atom stereocenters. The first kappa shape index (κ1) is 34.2. The SMILES string of the molecule is CCCCCCCCc1ccc2cc(-c3ccc(OCCCCCCCCCCc4cc(Br)sc4Br)c(F)c3)ccc2c1. The quantitative estimate of drug-likeness (QED) is 0.0823. The number of benzene rings is 3. The summed E-state index contributed by atoms with van der Waals surface area (Å²) in [7, 11) is 0. The van der Waals surface area contributed by atoms with E-state index in [-0.39, 0.29) is 5.82 Å². The number of rotatable bonds is 20. The maximum absolute atomic E-state index is 14.9. The number of hydrogen-bond acceptors (Lipinski definition) is 2. The van der Waals surface area contributed by atoms with Crippen LogP contribution < -0.4 is 4.74 Å². The van der Waals surface area contributed by atoms with E-state index >= 15 is 0 Å². The largest absolute Gasteiger partial charge is 0.491 e. The highest BCUT2D eigenvalue weighted by Gasteiger charge is 2.08. The molecule has 0 aliphatic heterocycles. The molecule has 0 saturated heterocycles. The van der Waals surface area contributed by atoms with Crippen molar-refractivity contribution in [3.05, 3.63) is 85.2 Å². The molecule has 0 spiro atoms. The molecule has 1 aromatic heterocycles. The molecule has 0 bridgehead atoms. The third-order valence-corrected chi connectivity index (χ3v) is 10.8. The van der Waals surface area contributed by atoms with Gasteiger partial charge in [-0.25, -0.2) is 4.39 Å². The van der Waals surface area contributed by atoms with Crippen LogP contribution in [-0.4, -0.2) is 6.61 Å². The molecule has 43 heavy (non-hydrogen) atoms. The molecule has 4 aromatic rings. The second-order valence-electron chi connectivity index (χ2n) is 11.8. The van der Waals surface area contributed by atoms with Crippen molar-refractivity contribution in [3.8, 4) is 16.9 Å². The minimum absolute atomic E-state index is 0.284. The molecule has 4 rings (SSSR count). The number of hydrogen-bond donors (Lipinski definition) is 0. The van der Waals surface area contributed by atoms with Crippen molar-refractivity contribution in [2.45, 2.75) is 110 Å². The lowest BCUT2D eigenvalue weighted by molar-refractivity contribution is 0.290. The minimum Gasteiger partial charge on any atom is -0.491 e.